The molecule has 1 aromatic carbocycles. The fraction of sp³-hybridized carbons (Fsp3) is 0.471. The molecule has 9 heteroatoms. The Balaban J connectivity index is 1.96. The number of nitrogens with one attached hydrogen (secondary N) is 2. The lowest BCUT2D eigenvalue weighted by atomic mass is 10.1. The van der Waals surface area contributed by atoms with E-state index in [1.807, 2.05) is 0 Å². The Kier molecular flexibility index (Phi) is 6.87. The monoisotopic (exact) mass is 380 g/mol. The standard InChI is InChI=1S/C17H24N4O4S/c1-13(14-7-9-15(10-8-14)26(24,25)18-2)19-20-16(22)12-21-11-5-3-4-6-17(21)23/h7-10,18H,3-6,11-12H2,1-2H3,(H,20,22)/b19-13-. The fourth-order valence-electron chi connectivity index (χ4n) is 2.62. The predicted molar refractivity (Wildman–Crippen MR) is 98.1 cm³/mol. The number of sulfonamides is 1. The lowest BCUT2D eigenvalue weighted by molar-refractivity contribution is -0.135. The van der Waals surface area contributed by atoms with Gasteiger partial charge in [0.1, 0.15) is 6.54 Å². The van der Waals surface area contributed by atoms with Gasteiger partial charge in [0.25, 0.3) is 5.91 Å². The molecule has 26 heavy (non-hydrogen) atoms. The van der Waals surface area contributed by atoms with Gasteiger partial charge < -0.3 is 4.90 Å². The fourth-order valence-corrected chi connectivity index (χ4v) is 3.35. The first-order valence-electron chi connectivity index (χ1n) is 8.48. The van der Waals surface area contributed by atoms with E-state index in [0.717, 1.165) is 19.3 Å². The van der Waals surface area contributed by atoms with Gasteiger partial charge in [0, 0.05) is 13.0 Å². The summed E-state index contributed by atoms with van der Waals surface area (Å²) in [5.41, 5.74) is 3.67. The second-order valence-electron chi connectivity index (χ2n) is 6.09. The summed E-state index contributed by atoms with van der Waals surface area (Å²) in [6, 6.07) is 6.18. The van der Waals surface area contributed by atoms with Crippen molar-refractivity contribution in [1.82, 2.24) is 15.0 Å². The third-order valence-corrected chi connectivity index (χ3v) is 5.64. The van der Waals surface area contributed by atoms with Gasteiger partial charge in [-0.25, -0.2) is 18.6 Å². The smallest absolute Gasteiger partial charge is 0.259 e. The number of amides is 2. The van der Waals surface area contributed by atoms with Crippen LogP contribution in [0.5, 0.6) is 0 Å². The molecule has 1 saturated heterocycles. The predicted octanol–water partition coefficient (Wildman–Crippen LogP) is 0.837. The molecule has 0 aliphatic carbocycles. The molecule has 0 atom stereocenters. The molecule has 1 aromatic rings. The molecule has 0 radical (unpaired) electrons. The van der Waals surface area contributed by atoms with Crippen LogP contribution in [0.25, 0.3) is 0 Å². The van der Waals surface area contributed by atoms with Crippen LogP contribution in [0, 0.1) is 0 Å². The van der Waals surface area contributed by atoms with E-state index in [1.54, 1.807) is 24.0 Å². The van der Waals surface area contributed by atoms with Crippen molar-refractivity contribution < 1.29 is 18.0 Å². The maximum Gasteiger partial charge on any atom is 0.259 e. The van der Waals surface area contributed by atoms with Gasteiger partial charge >= 0.3 is 0 Å². The summed E-state index contributed by atoms with van der Waals surface area (Å²) in [4.78, 5) is 25.6. The zero-order chi connectivity index (χ0) is 19.2. The Morgan fingerprint density at radius 2 is 1.88 bits per heavy atom. The molecule has 0 bridgehead atoms. The highest BCUT2D eigenvalue weighted by Gasteiger charge is 2.19. The molecule has 1 fully saturated rings. The van der Waals surface area contributed by atoms with E-state index in [2.05, 4.69) is 15.2 Å². The van der Waals surface area contributed by atoms with Crippen LogP contribution in [0.2, 0.25) is 0 Å². The summed E-state index contributed by atoms with van der Waals surface area (Å²) in [6.07, 6.45) is 3.26. The Morgan fingerprint density at radius 3 is 2.54 bits per heavy atom. The van der Waals surface area contributed by atoms with Crippen LogP contribution in [0.3, 0.4) is 0 Å². The quantitative estimate of drug-likeness (QED) is 0.563. The summed E-state index contributed by atoms with van der Waals surface area (Å²) >= 11 is 0. The van der Waals surface area contributed by atoms with E-state index in [9.17, 15) is 18.0 Å². The Labute approximate surface area is 153 Å². The van der Waals surface area contributed by atoms with E-state index in [-0.39, 0.29) is 23.3 Å². The van der Waals surface area contributed by atoms with E-state index < -0.39 is 10.0 Å². The number of benzene rings is 1. The second kappa shape index (κ2) is 8.91. The van der Waals surface area contributed by atoms with E-state index in [4.69, 9.17) is 0 Å². The van der Waals surface area contributed by atoms with Gasteiger partial charge in [-0.3, -0.25) is 9.59 Å². The summed E-state index contributed by atoms with van der Waals surface area (Å²) in [7, 11) is -2.14. The molecule has 2 rings (SSSR count). The first-order chi connectivity index (χ1) is 12.3. The van der Waals surface area contributed by atoms with E-state index in [1.165, 1.54) is 19.2 Å². The van der Waals surface area contributed by atoms with Crippen LogP contribution in [0.15, 0.2) is 34.3 Å². The molecule has 0 aromatic heterocycles. The van der Waals surface area contributed by atoms with Gasteiger partial charge in [-0.1, -0.05) is 18.6 Å². The van der Waals surface area contributed by atoms with Crippen molar-refractivity contribution >= 4 is 27.5 Å². The van der Waals surface area contributed by atoms with Crippen LogP contribution in [0.1, 0.15) is 38.2 Å². The van der Waals surface area contributed by atoms with Crippen molar-refractivity contribution in [2.75, 3.05) is 20.1 Å². The Hall–Kier alpha value is -2.26. The molecular formula is C17H24N4O4S. The summed E-state index contributed by atoms with van der Waals surface area (Å²) in [6.45, 7) is 2.30. The van der Waals surface area contributed by atoms with Crippen molar-refractivity contribution in [2.24, 2.45) is 5.10 Å². The zero-order valence-electron chi connectivity index (χ0n) is 15.0. The molecule has 0 saturated carbocycles. The lowest BCUT2D eigenvalue weighted by Crippen LogP contribution is -2.39. The molecule has 2 N–H and O–H groups in total. The Morgan fingerprint density at radius 1 is 1.19 bits per heavy atom. The molecule has 1 aliphatic rings. The number of hydrazone groups is 1. The van der Waals surface area contributed by atoms with Crippen LogP contribution < -0.4 is 10.1 Å². The van der Waals surface area contributed by atoms with Crippen LogP contribution in [0.4, 0.5) is 0 Å². The minimum absolute atomic E-state index is 0.000293. The highest BCUT2D eigenvalue weighted by molar-refractivity contribution is 7.89. The van der Waals surface area contributed by atoms with Crippen molar-refractivity contribution in [3.8, 4) is 0 Å². The number of rotatable bonds is 6. The minimum atomic E-state index is -3.49. The van der Waals surface area contributed by atoms with Crippen LogP contribution in [-0.4, -0.2) is 51.0 Å². The number of nitrogens with zero attached hydrogens (tertiary/aromatic N) is 2. The first-order valence-corrected chi connectivity index (χ1v) is 9.96. The summed E-state index contributed by atoms with van der Waals surface area (Å²) < 4.78 is 25.7. The van der Waals surface area contributed by atoms with E-state index in [0.29, 0.717) is 24.2 Å². The highest BCUT2D eigenvalue weighted by Crippen LogP contribution is 2.12. The van der Waals surface area contributed by atoms with Crippen molar-refractivity contribution in [2.45, 2.75) is 37.5 Å². The molecule has 1 aliphatic heterocycles. The van der Waals surface area contributed by atoms with Gasteiger partial charge in [-0.2, -0.15) is 5.10 Å². The van der Waals surface area contributed by atoms with Gasteiger partial charge in [0.15, 0.2) is 0 Å². The normalized spacial score (nSPS) is 16.3. The van der Waals surface area contributed by atoms with Gasteiger partial charge in [-0.05, 0) is 44.5 Å². The molecule has 142 valence electrons. The van der Waals surface area contributed by atoms with Gasteiger partial charge in [0.2, 0.25) is 15.9 Å². The van der Waals surface area contributed by atoms with E-state index >= 15 is 0 Å². The van der Waals surface area contributed by atoms with Gasteiger partial charge in [-0.15, -0.1) is 0 Å². The van der Waals surface area contributed by atoms with Crippen molar-refractivity contribution in [1.29, 1.82) is 0 Å². The number of likely N-dealkylation sites (tertiary alicyclic amines) is 1. The number of hydrogen-bond donors (Lipinski definition) is 2. The molecule has 0 unspecified atom stereocenters. The number of hydrogen-bond acceptors (Lipinski definition) is 5. The minimum Gasteiger partial charge on any atom is -0.333 e. The average molecular weight is 380 g/mol. The highest BCUT2D eigenvalue weighted by atomic mass is 32.2. The summed E-state index contributed by atoms with van der Waals surface area (Å²) in [5, 5.41) is 4.03. The topological polar surface area (TPSA) is 108 Å². The summed E-state index contributed by atoms with van der Waals surface area (Å²) in [5.74, 6) is -0.353. The second-order valence-corrected chi connectivity index (χ2v) is 7.98. The number of carbonyl (C=O) groups excluding carboxylic acids is 2. The lowest BCUT2D eigenvalue weighted by Gasteiger charge is -2.19. The molecule has 8 nitrogen and oxygen atoms in total. The third kappa shape index (κ3) is 5.37. The zero-order valence-corrected chi connectivity index (χ0v) is 15.8. The van der Waals surface area contributed by atoms with Crippen LogP contribution in [-0.2, 0) is 19.6 Å². The first kappa shape index (κ1) is 20.1. The molecular weight excluding hydrogens is 356 g/mol. The van der Waals surface area contributed by atoms with Gasteiger partial charge in [0.05, 0.1) is 10.6 Å². The van der Waals surface area contributed by atoms with Crippen molar-refractivity contribution in [3.05, 3.63) is 29.8 Å². The maximum absolute atomic E-state index is 12.0. The van der Waals surface area contributed by atoms with Crippen molar-refractivity contribution in [3.63, 3.8) is 0 Å². The Bertz CT molecular complexity index is 787. The maximum atomic E-state index is 12.0. The average Bonchev–Trinajstić information content (AvgIpc) is 2.84. The largest absolute Gasteiger partial charge is 0.333 e. The molecule has 2 amide bonds. The molecule has 1 heterocycles. The SMILES string of the molecule is CNS(=O)(=O)c1ccc(/C(C)=N\NC(=O)CN2CCCCCC2=O)cc1. The number of carbonyl (C=O) groups is 2. The molecule has 0 spiro atoms. The third-order valence-electron chi connectivity index (χ3n) is 4.21. The van der Waals surface area contributed by atoms with Crippen LogP contribution >= 0.6 is 0 Å².